The van der Waals surface area contributed by atoms with Crippen LogP contribution in [0, 0.1) is 11.8 Å². The molecule has 0 unspecified atom stereocenters. The highest BCUT2D eigenvalue weighted by atomic mass is 32.2. The monoisotopic (exact) mass is 171 g/mol. The maximum absolute atomic E-state index is 4.28. The molecule has 0 N–H and O–H groups in total. The van der Waals surface area contributed by atoms with Crippen molar-refractivity contribution in [2.45, 2.75) is 6.92 Å². The van der Waals surface area contributed by atoms with Crippen molar-refractivity contribution in [2.75, 3.05) is 18.1 Å². The van der Waals surface area contributed by atoms with E-state index >= 15 is 0 Å². The van der Waals surface area contributed by atoms with E-state index in [-0.39, 0.29) is 0 Å². The lowest BCUT2D eigenvalue weighted by molar-refractivity contribution is 1.18. The molecule has 0 fully saturated rings. The van der Waals surface area contributed by atoms with Crippen molar-refractivity contribution in [3.8, 4) is 11.8 Å². The van der Waals surface area contributed by atoms with E-state index in [9.17, 15) is 0 Å². The molecule has 0 atom stereocenters. The molecule has 0 aromatic carbocycles. The van der Waals surface area contributed by atoms with Gasteiger partial charge >= 0.3 is 0 Å². The van der Waals surface area contributed by atoms with Crippen LogP contribution in [0.25, 0.3) is 0 Å². The number of hydrogen-bond acceptors (Lipinski definition) is 3. The molecule has 10 heavy (non-hydrogen) atoms. The van der Waals surface area contributed by atoms with Crippen molar-refractivity contribution < 1.29 is 0 Å². The van der Waals surface area contributed by atoms with E-state index in [0.717, 1.165) is 18.1 Å². The zero-order valence-corrected chi connectivity index (χ0v) is 7.52. The molecule has 54 valence electrons. The molecule has 0 aromatic heterocycles. The third-order valence-corrected chi connectivity index (χ3v) is 3.14. The smallest absolute Gasteiger partial charge is 0.125 e. The first-order chi connectivity index (χ1) is 4.93. The van der Waals surface area contributed by atoms with Gasteiger partial charge in [-0.25, -0.2) is 0 Å². The molecule has 0 amide bonds. The quantitative estimate of drug-likeness (QED) is 0.558. The molecule has 0 aromatic rings. The van der Waals surface area contributed by atoms with Gasteiger partial charge in [-0.15, -0.1) is 5.92 Å². The van der Waals surface area contributed by atoms with Crippen LogP contribution in [0.2, 0.25) is 0 Å². The van der Waals surface area contributed by atoms with Gasteiger partial charge in [-0.05, 0) is 6.92 Å². The minimum atomic E-state index is 0.891. The SMILES string of the molecule is CC#CCSC1=NCCS1. The average Bonchev–Trinajstić information content (AvgIpc) is 2.41. The number of hydrogen-bond donors (Lipinski definition) is 0. The summed E-state index contributed by atoms with van der Waals surface area (Å²) in [6, 6.07) is 0. The van der Waals surface area contributed by atoms with E-state index < -0.39 is 0 Å². The Kier molecular flexibility index (Phi) is 3.77. The Bertz CT molecular complexity index is 188. The summed E-state index contributed by atoms with van der Waals surface area (Å²) in [6.45, 7) is 2.86. The van der Waals surface area contributed by atoms with Gasteiger partial charge in [0, 0.05) is 5.75 Å². The lowest BCUT2D eigenvalue weighted by Gasteiger charge is -1.90. The van der Waals surface area contributed by atoms with Crippen molar-refractivity contribution in [3.05, 3.63) is 0 Å². The molecule has 0 spiro atoms. The van der Waals surface area contributed by atoms with Crippen molar-refractivity contribution in [2.24, 2.45) is 4.99 Å². The van der Waals surface area contributed by atoms with Gasteiger partial charge in [0.2, 0.25) is 0 Å². The summed E-state index contributed by atoms with van der Waals surface area (Å²) in [5, 5.41) is 0. The van der Waals surface area contributed by atoms with Gasteiger partial charge < -0.3 is 0 Å². The first-order valence-corrected chi connectivity index (χ1v) is 5.10. The van der Waals surface area contributed by atoms with Crippen LogP contribution in [0.1, 0.15) is 6.92 Å². The number of nitrogens with zero attached hydrogens (tertiary/aromatic N) is 1. The summed E-state index contributed by atoms with van der Waals surface area (Å²) in [7, 11) is 0. The van der Waals surface area contributed by atoms with Crippen LogP contribution < -0.4 is 0 Å². The molecule has 1 aliphatic rings. The van der Waals surface area contributed by atoms with Gasteiger partial charge in [0.05, 0.1) is 12.3 Å². The van der Waals surface area contributed by atoms with Gasteiger partial charge in [-0.1, -0.05) is 29.4 Å². The van der Waals surface area contributed by atoms with Gasteiger partial charge in [0.25, 0.3) is 0 Å². The van der Waals surface area contributed by atoms with Crippen LogP contribution in [-0.4, -0.2) is 22.4 Å². The van der Waals surface area contributed by atoms with E-state index in [0.29, 0.717) is 0 Å². The van der Waals surface area contributed by atoms with Crippen LogP contribution in [0.3, 0.4) is 0 Å². The molecule has 0 aliphatic carbocycles. The van der Waals surface area contributed by atoms with E-state index in [1.165, 1.54) is 4.38 Å². The first-order valence-electron chi connectivity index (χ1n) is 3.13. The van der Waals surface area contributed by atoms with E-state index in [1.54, 1.807) is 11.8 Å². The van der Waals surface area contributed by atoms with E-state index in [2.05, 4.69) is 16.8 Å². The first kappa shape index (κ1) is 8.03. The maximum atomic E-state index is 4.28. The molecule has 3 heteroatoms. The van der Waals surface area contributed by atoms with Crippen LogP contribution in [0.15, 0.2) is 4.99 Å². The second-order valence-electron chi connectivity index (χ2n) is 1.71. The Balaban J connectivity index is 2.17. The predicted molar refractivity (Wildman–Crippen MR) is 50.7 cm³/mol. The predicted octanol–water partition coefficient (Wildman–Crippen LogP) is 1.85. The molecule has 1 rings (SSSR count). The van der Waals surface area contributed by atoms with Crippen molar-refractivity contribution in [3.63, 3.8) is 0 Å². The highest BCUT2D eigenvalue weighted by Crippen LogP contribution is 2.21. The van der Waals surface area contributed by atoms with Gasteiger partial charge in [-0.3, -0.25) is 4.99 Å². The van der Waals surface area contributed by atoms with E-state index in [1.807, 2.05) is 18.7 Å². The highest BCUT2D eigenvalue weighted by Gasteiger charge is 2.05. The summed E-state index contributed by atoms with van der Waals surface area (Å²) < 4.78 is 1.21. The lowest BCUT2D eigenvalue weighted by Crippen LogP contribution is -1.80. The number of aliphatic imine (C=N–C) groups is 1. The van der Waals surface area contributed by atoms with Crippen LogP contribution in [0.5, 0.6) is 0 Å². The number of rotatable bonds is 1. The molecular weight excluding hydrogens is 162 g/mol. The third kappa shape index (κ3) is 2.68. The molecule has 1 heterocycles. The summed E-state index contributed by atoms with van der Waals surface area (Å²) in [5.74, 6) is 7.90. The molecule has 0 saturated heterocycles. The fourth-order valence-corrected chi connectivity index (χ4v) is 2.40. The lowest BCUT2D eigenvalue weighted by atomic mass is 10.7. The highest BCUT2D eigenvalue weighted by molar-refractivity contribution is 8.39. The fraction of sp³-hybridized carbons (Fsp3) is 0.571. The Hall–Kier alpha value is -0.0700. The van der Waals surface area contributed by atoms with Crippen LogP contribution >= 0.6 is 23.5 Å². The van der Waals surface area contributed by atoms with Crippen molar-refractivity contribution >= 4 is 27.9 Å². The molecular formula is C7H9NS2. The second-order valence-corrected chi connectivity index (χ2v) is 4.02. The van der Waals surface area contributed by atoms with Crippen molar-refractivity contribution in [1.82, 2.24) is 0 Å². The van der Waals surface area contributed by atoms with Gasteiger partial charge in [-0.2, -0.15) is 0 Å². The third-order valence-electron chi connectivity index (χ3n) is 1.00. The molecule has 0 saturated carbocycles. The zero-order chi connectivity index (χ0) is 7.23. The maximum Gasteiger partial charge on any atom is 0.125 e. The normalized spacial score (nSPS) is 15.9. The number of thioether (sulfide) groups is 2. The topological polar surface area (TPSA) is 12.4 Å². The zero-order valence-electron chi connectivity index (χ0n) is 5.89. The minimum Gasteiger partial charge on any atom is -0.271 e. The summed E-state index contributed by atoms with van der Waals surface area (Å²) in [4.78, 5) is 4.28. The average molecular weight is 171 g/mol. The molecule has 0 radical (unpaired) electrons. The van der Waals surface area contributed by atoms with Crippen molar-refractivity contribution in [1.29, 1.82) is 0 Å². The van der Waals surface area contributed by atoms with Crippen LogP contribution in [0.4, 0.5) is 0 Å². The standard InChI is InChI=1S/C7H9NS2/c1-2-3-5-9-7-8-4-6-10-7/h4-6H2,1H3. The molecule has 1 nitrogen and oxygen atoms in total. The summed E-state index contributed by atoms with van der Waals surface area (Å²) >= 11 is 3.59. The van der Waals surface area contributed by atoms with E-state index in [4.69, 9.17) is 0 Å². The largest absolute Gasteiger partial charge is 0.271 e. The summed E-state index contributed by atoms with van der Waals surface area (Å²) in [5.41, 5.74) is 0. The fourth-order valence-electron chi connectivity index (χ4n) is 0.573. The second kappa shape index (κ2) is 4.70. The van der Waals surface area contributed by atoms with Gasteiger partial charge in [0.1, 0.15) is 4.38 Å². The Morgan fingerprint density at radius 2 is 2.70 bits per heavy atom. The Morgan fingerprint density at radius 3 is 3.30 bits per heavy atom. The summed E-state index contributed by atoms with van der Waals surface area (Å²) in [6.07, 6.45) is 0. The molecule has 1 aliphatic heterocycles. The minimum absolute atomic E-state index is 0.891. The molecule has 0 bridgehead atoms. The van der Waals surface area contributed by atoms with Crippen LogP contribution in [-0.2, 0) is 0 Å². The Labute approximate surface area is 70.1 Å². The Morgan fingerprint density at radius 1 is 1.80 bits per heavy atom. The van der Waals surface area contributed by atoms with Gasteiger partial charge in [0.15, 0.2) is 0 Å².